The van der Waals surface area contributed by atoms with Gasteiger partial charge < -0.3 is 0 Å². The molecule has 0 aliphatic carbocycles. The molecule has 0 radical (unpaired) electrons. The molecule has 0 saturated carbocycles. The summed E-state index contributed by atoms with van der Waals surface area (Å²) < 4.78 is 0. The van der Waals surface area contributed by atoms with Crippen LogP contribution in [0.25, 0.3) is 27.0 Å². The van der Waals surface area contributed by atoms with Crippen LogP contribution in [-0.2, 0) is 0 Å². The Labute approximate surface area is 92.5 Å². The second kappa shape index (κ2) is 6.95. The van der Waals surface area contributed by atoms with Gasteiger partial charge in [-0.05, 0) is 23.0 Å². The maximum Gasteiger partial charge on any atom is 0.0447 e. The lowest BCUT2D eigenvalue weighted by atomic mass is 10.1. The summed E-state index contributed by atoms with van der Waals surface area (Å²) in [5.74, 6) is 0. The quantitative estimate of drug-likeness (QED) is 0.301. The van der Waals surface area contributed by atoms with Gasteiger partial charge in [-0.1, -0.05) is 46.6 Å². The Balaban J connectivity index is 2.72. The van der Waals surface area contributed by atoms with E-state index in [1.165, 1.54) is 0 Å². The summed E-state index contributed by atoms with van der Waals surface area (Å²) in [6.45, 7) is 0.427. The second-order valence-electron chi connectivity index (χ2n) is 2.89. The largest absolute Gasteiger partial charge is 0.0937 e. The van der Waals surface area contributed by atoms with Gasteiger partial charge in [0.1, 0.15) is 0 Å². The van der Waals surface area contributed by atoms with E-state index in [-0.39, 0.29) is 0 Å². The second-order valence-corrected chi connectivity index (χ2v) is 2.89. The molecule has 0 spiro atoms. The highest BCUT2D eigenvalue weighted by molar-refractivity contribution is 5.63. The number of nitrogens with zero attached hydrogens (tertiary/aromatic N) is 6. The summed E-state index contributed by atoms with van der Waals surface area (Å²) >= 11 is 0. The highest BCUT2D eigenvalue weighted by Crippen LogP contribution is 2.20. The molecule has 0 aromatic heterocycles. The van der Waals surface area contributed by atoms with Gasteiger partial charge in [0.25, 0.3) is 0 Å². The number of azide groups is 2. The van der Waals surface area contributed by atoms with Gasteiger partial charge >= 0.3 is 0 Å². The van der Waals surface area contributed by atoms with Crippen molar-refractivity contribution in [3.8, 4) is 0 Å². The Morgan fingerprint density at radius 1 is 1.19 bits per heavy atom. The normalized spacial score (nSPS) is 9.50. The van der Waals surface area contributed by atoms with Crippen molar-refractivity contribution in [2.75, 3.05) is 6.54 Å². The van der Waals surface area contributed by atoms with E-state index in [0.29, 0.717) is 18.7 Å². The maximum absolute atomic E-state index is 8.36. The molecule has 0 amide bonds. The molecule has 1 aromatic rings. The molecule has 0 N–H and O–H groups in total. The SMILES string of the molecule is [N-]=[N+]=NCC/C=C/c1ccccc1N=[N+]=[N-]. The van der Waals surface area contributed by atoms with Gasteiger partial charge in [0, 0.05) is 22.1 Å². The first-order chi connectivity index (χ1) is 7.88. The first kappa shape index (κ1) is 11.7. The van der Waals surface area contributed by atoms with E-state index in [1.807, 2.05) is 24.3 Å². The van der Waals surface area contributed by atoms with Crippen LogP contribution < -0.4 is 0 Å². The Kier molecular flexibility index (Phi) is 5.06. The minimum atomic E-state index is 0.427. The molecule has 0 atom stereocenters. The Morgan fingerprint density at radius 2 is 2.00 bits per heavy atom. The van der Waals surface area contributed by atoms with Crippen LogP contribution in [0.5, 0.6) is 0 Å². The van der Waals surface area contributed by atoms with E-state index in [0.717, 1.165) is 5.56 Å². The summed E-state index contributed by atoms with van der Waals surface area (Å²) in [4.78, 5) is 5.40. The van der Waals surface area contributed by atoms with Crippen LogP contribution in [0.4, 0.5) is 5.69 Å². The molecule has 6 nitrogen and oxygen atoms in total. The van der Waals surface area contributed by atoms with Crippen molar-refractivity contribution in [3.63, 3.8) is 0 Å². The molecular weight excluding hydrogens is 204 g/mol. The minimum Gasteiger partial charge on any atom is -0.0937 e. The fraction of sp³-hybridized carbons (Fsp3) is 0.200. The van der Waals surface area contributed by atoms with Crippen LogP contribution >= 0.6 is 0 Å². The van der Waals surface area contributed by atoms with E-state index >= 15 is 0 Å². The lowest BCUT2D eigenvalue weighted by Gasteiger charge is -1.97. The zero-order valence-corrected chi connectivity index (χ0v) is 8.56. The molecule has 0 fully saturated rings. The first-order valence-electron chi connectivity index (χ1n) is 4.70. The summed E-state index contributed by atoms with van der Waals surface area (Å²) in [5, 5.41) is 6.98. The lowest BCUT2D eigenvalue weighted by molar-refractivity contribution is 0.996. The topological polar surface area (TPSA) is 97.5 Å². The summed E-state index contributed by atoms with van der Waals surface area (Å²) in [5.41, 5.74) is 17.9. The molecule has 80 valence electrons. The zero-order chi connectivity index (χ0) is 11.6. The van der Waals surface area contributed by atoms with Crippen LogP contribution in [0.2, 0.25) is 0 Å². The third kappa shape index (κ3) is 3.75. The van der Waals surface area contributed by atoms with Crippen molar-refractivity contribution in [2.24, 2.45) is 10.2 Å². The Bertz CT molecular complexity index is 466. The van der Waals surface area contributed by atoms with Gasteiger partial charge in [-0.3, -0.25) is 0 Å². The van der Waals surface area contributed by atoms with Crippen molar-refractivity contribution in [2.45, 2.75) is 6.42 Å². The predicted molar refractivity (Wildman–Crippen MR) is 62.9 cm³/mol. The molecule has 0 aliphatic rings. The smallest absolute Gasteiger partial charge is 0.0447 e. The van der Waals surface area contributed by atoms with Crippen molar-refractivity contribution in [3.05, 3.63) is 56.8 Å². The van der Waals surface area contributed by atoms with Crippen LogP contribution in [-0.4, -0.2) is 6.54 Å². The van der Waals surface area contributed by atoms with E-state index in [9.17, 15) is 0 Å². The van der Waals surface area contributed by atoms with Crippen molar-refractivity contribution in [1.29, 1.82) is 0 Å². The van der Waals surface area contributed by atoms with Gasteiger partial charge in [-0.2, -0.15) is 0 Å². The fourth-order valence-electron chi connectivity index (χ4n) is 1.16. The monoisotopic (exact) mass is 214 g/mol. The molecule has 1 rings (SSSR count). The van der Waals surface area contributed by atoms with Crippen LogP contribution in [0.15, 0.2) is 40.6 Å². The van der Waals surface area contributed by atoms with Gasteiger partial charge in [-0.25, -0.2) is 0 Å². The van der Waals surface area contributed by atoms with Crippen molar-refractivity contribution < 1.29 is 0 Å². The van der Waals surface area contributed by atoms with Crippen LogP contribution in [0.3, 0.4) is 0 Å². The molecular formula is C10H10N6. The van der Waals surface area contributed by atoms with Crippen LogP contribution in [0, 0.1) is 0 Å². The lowest BCUT2D eigenvalue weighted by Crippen LogP contribution is -1.75. The van der Waals surface area contributed by atoms with Gasteiger partial charge in [0.2, 0.25) is 0 Å². The molecule has 0 saturated heterocycles. The average Bonchev–Trinajstić information content (AvgIpc) is 2.31. The maximum atomic E-state index is 8.36. The predicted octanol–water partition coefficient (Wildman–Crippen LogP) is 4.34. The Morgan fingerprint density at radius 3 is 2.75 bits per heavy atom. The van der Waals surface area contributed by atoms with Gasteiger partial charge in [-0.15, -0.1) is 0 Å². The number of rotatable bonds is 5. The number of hydrogen-bond donors (Lipinski definition) is 0. The summed E-state index contributed by atoms with van der Waals surface area (Å²) in [6, 6.07) is 7.27. The zero-order valence-electron chi connectivity index (χ0n) is 8.56. The van der Waals surface area contributed by atoms with E-state index < -0.39 is 0 Å². The van der Waals surface area contributed by atoms with E-state index in [4.69, 9.17) is 11.1 Å². The molecule has 0 bridgehead atoms. The van der Waals surface area contributed by atoms with Crippen molar-refractivity contribution in [1.82, 2.24) is 0 Å². The summed E-state index contributed by atoms with van der Waals surface area (Å²) in [6.07, 6.45) is 4.38. The molecule has 1 aromatic carbocycles. The molecule has 0 aliphatic heterocycles. The van der Waals surface area contributed by atoms with Crippen LogP contribution in [0.1, 0.15) is 12.0 Å². The fourth-order valence-corrected chi connectivity index (χ4v) is 1.16. The number of benzene rings is 1. The molecule has 6 heteroatoms. The highest BCUT2D eigenvalue weighted by Gasteiger charge is 1.93. The molecule has 0 heterocycles. The summed E-state index contributed by atoms with van der Waals surface area (Å²) in [7, 11) is 0. The minimum absolute atomic E-state index is 0.427. The third-order valence-electron chi connectivity index (χ3n) is 1.85. The number of hydrogen-bond acceptors (Lipinski definition) is 2. The highest BCUT2D eigenvalue weighted by atomic mass is 15.1. The first-order valence-corrected chi connectivity index (χ1v) is 4.70. The van der Waals surface area contributed by atoms with Gasteiger partial charge in [0.15, 0.2) is 0 Å². The molecule has 16 heavy (non-hydrogen) atoms. The van der Waals surface area contributed by atoms with E-state index in [2.05, 4.69) is 20.1 Å². The standard InChI is InChI=1S/C10H10N6/c11-15-13-8-4-3-6-9-5-1-2-7-10(9)14-16-12/h1-3,5-7H,4,8H2/b6-3+. The van der Waals surface area contributed by atoms with E-state index in [1.54, 1.807) is 12.1 Å². The molecule has 0 unspecified atom stereocenters. The average molecular weight is 214 g/mol. The van der Waals surface area contributed by atoms with Gasteiger partial charge in [0.05, 0.1) is 0 Å². The Hall–Kier alpha value is -2.42. The van der Waals surface area contributed by atoms with Crippen molar-refractivity contribution >= 4 is 11.8 Å². The third-order valence-corrected chi connectivity index (χ3v) is 1.85.